The number of likely N-dealkylation sites (N-methyl/N-ethyl adjacent to an activating group) is 1. The summed E-state index contributed by atoms with van der Waals surface area (Å²) in [5, 5.41) is 11.3. The highest BCUT2D eigenvalue weighted by molar-refractivity contribution is 7.71. The fourth-order valence-electron chi connectivity index (χ4n) is 4.51. The summed E-state index contributed by atoms with van der Waals surface area (Å²) in [5.41, 5.74) is 1.97. The molecule has 3 heterocycles. The maximum Gasteiger partial charge on any atom is 0.264 e. The molecular weight excluding hydrogens is 492 g/mol. The molecule has 0 fully saturated rings. The van der Waals surface area contributed by atoms with Crippen molar-refractivity contribution in [1.82, 2.24) is 14.5 Å². The largest absolute Gasteiger partial charge is 0.494 e. The number of rotatable bonds is 5. The number of aliphatic imine (C=N–C) groups is 1. The van der Waals surface area contributed by atoms with E-state index in [-0.39, 0.29) is 29.0 Å². The van der Waals surface area contributed by atoms with E-state index in [1.165, 1.54) is 10.8 Å². The fraction of sp³-hybridized carbons (Fsp3) is 0.292. The molecule has 1 aromatic heterocycles. The summed E-state index contributed by atoms with van der Waals surface area (Å²) in [6.07, 6.45) is 2.19. The SMILES string of the molecule is COc1c2c(cc3c1C(CN=Cc1c(O)n(-c4ccccc4Cl)c(=S)[nH]c1=O)N(C)CC3)OCO2. The van der Waals surface area contributed by atoms with E-state index < -0.39 is 5.56 Å². The maximum absolute atomic E-state index is 12.6. The number of nitrogens with one attached hydrogen (secondary N) is 1. The lowest BCUT2D eigenvalue weighted by Crippen LogP contribution is -2.34. The number of hydrogen-bond donors (Lipinski definition) is 2. The molecule has 2 N–H and O–H groups in total. The number of halogens is 1. The van der Waals surface area contributed by atoms with Gasteiger partial charge in [0.2, 0.25) is 18.4 Å². The zero-order valence-electron chi connectivity index (χ0n) is 19.1. The number of ether oxygens (including phenoxy) is 3. The first-order chi connectivity index (χ1) is 16.9. The summed E-state index contributed by atoms with van der Waals surface area (Å²) in [4.78, 5) is 21.9. The Labute approximate surface area is 211 Å². The normalized spacial score (nSPS) is 17.1. The highest BCUT2D eigenvalue weighted by atomic mass is 35.5. The van der Waals surface area contributed by atoms with Crippen molar-refractivity contribution in [2.75, 3.05) is 34.0 Å². The summed E-state index contributed by atoms with van der Waals surface area (Å²) >= 11 is 11.6. The second-order valence-electron chi connectivity index (χ2n) is 8.24. The first-order valence-corrected chi connectivity index (χ1v) is 11.7. The van der Waals surface area contributed by atoms with E-state index in [2.05, 4.69) is 14.9 Å². The summed E-state index contributed by atoms with van der Waals surface area (Å²) < 4.78 is 18.3. The lowest BCUT2D eigenvalue weighted by Gasteiger charge is -2.35. The number of aromatic amines is 1. The van der Waals surface area contributed by atoms with Crippen molar-refractivity contribution in [3.8, 4) is 28.8 Å². The number of para-hydroxylation sites is 1. The van der Waals surface area contributed by atoms with Gasteiger partial charge in [-0.2, -0.15) is 0 Å². The number of benzene rings is 2. The Bertz CT molecular complexity index is 1450. The van der Waals surface area contributed by atoms with Crippen molar-refractivity contribution in [2.24, 2.45) is 4.99 Å². The van der Waals surface area contributed by atoms with Gasteiger partial charge in [0.15, 0.2) is 16.3 Å². The number of aromatic hydroxyl groups is 1. The molecule has 0 aliphatic carbocycles. The van der Waals surface area contributed by atoms with E-state index in [1.807, 2.05) is 13.1 Å². The van der Waals surface area contributed by atoms with Gasteiger partial charge >= 0.3 is 0 Å². The van der Waals surface area contributed by atoms with Crippen LogP contribution in [0, 0.1) is 4.77 Å². The Hall–Kier alpha value is -3.34. The lowest BCUT2D eigenvalue weighted by molar-refractivity contribution is 0.170. The monoisotopic (exact) mass is 514 g/mol. The van der Waals surface area contributed by atoms with Crippen LogP contribution in [0.25, 0.3) is 5.69 Å². The molecule has 2 aliphatic heterocycles. The van der Waals surface area contributed by atoms with E-state index in [0.717, 1.165) is 24.1 Å². The zero-order valence-corrected chi connectivity index (χ0v) is 20.7. The van der Waals surface area contributed by atoms with Crippen molar-refractivity contribution >= 4 is 30.0 Å². The predicted octanol–water partition coefficient (Wildman–Crippen LogP) is 3.64. The fourth-order valence-corrected chi connectivity index (χ4v) is 5.01. The summed E-state index contributed by atoms with van der Waals surface area (Å²) in [6.45, 7) is 1.29. The smallest absolute Gasteiger partial charge is 0.264 e. The second kappa shape index (κ2) is 9.37. The molecule has 0 amide bonds. The molecular formula is C24H23ClN4O5S. The highest BCUT2D eigenvalue weighted by Gasteiger charge is 2.33. The summed E-state index contributed by atoms with van der Waals surface area (Å²) in [5.74, 6) is 1.56. The number of hydrogen-bond acceptors (Lipinski definition) is 8. The third-order valence-electron chi connectivity index (χ3n) is 6.26. The molecule has 35 heavy (non-hydrogen) atoms. The maximum atomic E-state index is 12.6. The Balaban J connectivity index is 1.52. The predicted molar refractivity (Wildman–Crippen MR) is 135 cm³/mol. The molecule has 3 aromatic rings. The Morgan fingerprint density at radius 3 is 2.94 bits per heavy atom. The minimum Gasteiger partial charge on any atom is -0.494 e. The standard InChI is InChI=1S/C24H23ClN4O5S/c1-28-8-7-13-9-18-20(34-12-33-18)21(32-2)19(13)17(28)11-26-10-14-22(30)27-24(35)29(23(14)31)16-6-4-3-5-15(16)25/h3-6,9-10,17,31H,7-8,11-12H2,1-2H3,(H,27,30,35). The Kier molecular flexibility index (Phi) is 6.26. The third-order valence-corrected chi connectivity index (χ3v) is 6.86. The molecule has 0 saturated heterocycles. The van der Waals surface area contributed by atoms with Gasteiger partial charge in [-0.05, 0) is 49.4 Å². The molecule has 182 valence electrons. The molecule has 0 radical (unpaired) electrons. The van der Waals surface area contributed by atoms with Crippen LogP contribution in [0.1, 0.15) is 22.7 Å². The van der Waals surface area contributed by atoms with Gasteiger partial charge in [-0.15, -0.1) is 0 Å². The van der Waals surface area contributed by atoms with E-state index in [4.69, 9.17) is 38.0 Å². The van der Waals surface area contributed by atoms with Crippen LogP contribution in [0.3, 0.4) is 0 Å². The molecule has 0 bridgehead atoms. The lowest BCUT2D eigenvalue weighted by atomic mass is 9.91. The third kappa shape index (κ3) is 4.07. The first-order valence-electron chi connectivity index (χ1n) is 10.9. The summed E-state index contributed by atoms with van der Waals surface area (Å²) in [6, 6.07) is 8.76. The molecule has 9 nitrogen and oxygen atoms in total. The van der Waals surface area contributed by atoms with Crippen molar-refractivity contribution in [3.63, 3.8) is 0 Å². The van der Waals surface area contributed by atoms with Crippen LogP contribution in [0.15, 0.2) is 40.1 Å². The van der Waals surface area contributed by atoms with Gasteiger partial charge in [-0.3, -0.25) is 24.2 Å². The molecule has 1 atom stereocenters. The molecule has 5 rings (SSSR count). The minimum absolute atomic E-state index is 0.0187. The van der Waals surface area contributed by atoms with Crippen LogP contribution in [-0.2, 0) is 6.42 Å². The average molecular weight is 515 g/mol. The van der Waals surface area contributed by atoms with Crippen LogP contribution < -0.4 is 19.8 Å². The molecule has 0 saturated carbocycles. The number of nitrogens with zero attached hydrogens (tertiary/aromatic N) is 3. The van der Waals surface area contributed by atoms with Crippen LogP contribution in [0.2, 0.25) is 5.02 Å². The van der Waals surface area contributed by atoms with Gasteiger partial charge in [0, 0.05) is 18.3 Å². The average Bonchev–Trinajstić information content (AvgIpc) is 3.30. The Morgan fingerprint density at radius 2 is 2.17 bits per heavy atom. The quantitative estimate of drug-likeness (QED) is 0.396. The topological polar surface area (TPSA) is 101 Å². The zero-order chi connectivity index (χ0) is 24.7. The molecule has 2 aliphatic rings. The van der Waals surface area contributed by atoms with Crippen LogP contribution >= 0.6 is 23.8 Å². The molecule has 2 aromatic carbocycles. The van der Waals surface area contributed by atoms with Gasteiger partial charge in [-0.25, -0.2) is 0 Å². The van der Waals surface area contributed by atoms with E-state index in [9.17, 15) is 9.90 Å². The first kappa shape index (κ1) is 23.4. The van der Waals surface area contributed by atoms with Crippen molar-refractivity contribution in [3.05, 3.63) is 67.2 Å². The minimum atomic E-state index is -0.544. The van der Waals surface area contributed by atoms with Gasteiger partial charge in [0.25, 0.3) is 5.56 Å². The number of H-pyrrole nitrogens is 1. The molecule has 1 unspecified atom stereocenters. The van der Waals surface area contributed by atoms with Gasteiger partial charge < -0.3 is 19.3 Å². The van der Waals surface area contributed by atoms with Crippen LogP contribution in [-0.4, -0.2) is 59.8 Å². The van der Waals surface area contributed by atoms with Gasteiger partial charge in [-0.1, -0.05) is 23.7 Å². The van der Waals surface area contributed by atoms with E-state index >= 15 is 0 Å². The second-order valence-corrected chi connectivity index (χ2v) is 9.03. The number of fused-ring (bicyclic) bond motifs is 2. The Morgan fingerprint density at radius 1 is 1.37 bits per heavy atom. The number of methoxy groups -OCH3 is 1. The van der Waals surface area contributed by atoms with Crippen molar-refractivity contribution in [1.29, 1.82) is 0 Å². The van der Waals surface area contributed by atoms with Gasteiger partial charge in [0.05, 0.1) is 30.4 Å². The number of aromatic nitrogens is 2. The van der Waals surface area contributed by atoms with E-state index in [1.54, 1.807) is 31.4 Å². The van der Waals surface area contributed by atoms with Gasteiger partial charge in [0.1, 0.15) is 5.56 Å². The van der Waals surface area contributed by atoms with Crippen LogP contribution in [0.4, 0.5) is 0 Å². The van der Waals surface area contributed by atoms with Crippen molar-refractivity contribution in [2.45, 2.75) is 12.5 Å². The van der Waals surface area contributed by atoms with E-state index in [0.29, 0.717) is 34.5 Å². The summed E-state index contributed by atoms with van der Waals surface area (Å²) in [7, 11) is 3.61. The highest BCUT2D eigenvalue weighted by Crippen LogP contribution is 2.49. The van der Waals surface area contributed by atoms with Crippen LogP contribution in [0.5, 0.6) is 23.1 Å². The van der Waals surface area contributed by atoms with Crippen molar-refractivity contribution < 1.29 is 19.3 Å². The molecule has 0 spiro atoms. The molecule has 11 heteroatoms.